The van der Waals surface area contributed by atoms with Gasteiger partial charge in [0.2, 0.25) is 0 Å². The second-order valence-corrected chi connectivity index (χ2v) is 9.10. The number of nitrogens with zero attached hydrogens (tertiary/aromatic N) is 3. The summed E-state index contributed by atoms with van der Waals surface area (Å²) in [6.07, 6.45) is 1.34. The van der Waals surface area contributed by atoms with Crippen molar-refractivity contribution in [3.8, 4) is 16.9 Å². The van der Waals surface area contributed by atoms with E-state index in [1.54, 1.807) is 14.0 Å². The second kappa shape index (κ2) is 11.6. The molecule has 38 heavy (non-hydrogen) atoms. The molecule has 12 heteroatoms. The van der Waals surface area contributed by atoms with E-state index in [-0.39, 0.29) is 47.2 Å². The highest BCUT2D eigenvalue weighted by Crippen LogP contribution is 2.37. The fourth-order valence-corrected chi connectivity index (χ4v) is 4.20. The number of aryl methyl sites for hydroxylation is 2. The second-order valence-electron chi connectivity index (χ2n) is 8.69. The number of halogens is 2. The number of hydrogen-bond donors (Lipinski definition) is 0. The summed E-state index contributed by atoms with van der Waals surface area (Å²) in [5, 5.41) is 4.30. The number of benzene rings is 2. The van der Waals surface area contributed by atoms with Crippen molar-refractivity contribution in [2.75, 3.05) is 20.1 Å². The van der Waals surface area contributed by atoms with Gasteiger partial charge in [-0.15, -0.1) is 0 Å². The lowest BCUT2D eigenvalue weighted by Crippen LogP contribution is -2.41. The summed E-state index contributed by atoms with van der Waals surface area (Å²) in [4.78, 5) is 39.0. The first-order chi connectivity index (χ1) is 18.1. The number of carbonyl (C=O) groups is 2. The molecular weight excluding hydrogens is 516 g/mol. The monoisotopic (exact) mass is 539 g/mol. The Kier molecular flexibility index (Phi) is 8.28. The van der Waals surface area contributed by atoms with Crippen LogP contribution < -0.4 is 10.3 Å². The maximum atomic E-state index is 15.5. The van der Waals surface area contributed by atoms with Gasteiger partial charge >= 0.3 is 19.1 Å². The zero-order valence-corrected chi connectivity index (χ0v) is 21.7. The predicted molar refractivity (Wildman–Crippen MR) is 140 cm³/mol. The molecule has 1 saturated heterocycles. The highest BCUT2D eigenvalue weighted by Gasteiger charge is 2.30. The minimum atomic E-state index is -1.37. The normalized spacial score (nSPS) is 14.7. The van der Waals surface area contributed by atoms with Gasteiger partial charge in [0, 0.05) is 23.2 Å². The summed E-state index contributed by atoms with van der Waals surface area (Å²) in [5.74, 6) is -0.617. The molecule has 1 fully saturated rings. The van der Waals surface area contributed by atoms with Crippen LogP contribution in [0.25, 0.3) is 17.2 Å². The smallest absolute Gasteiger partial charge is 0.495 e. The van der Waals surface area contributed by atoms with Crippen LogP contribution in [0.1, 0.15) is 16.8 Å². The first kappa shape index (κ1) is 27.1. The maximum Gasteiger partial charge on any atom is 0.628 e. The van der Waals surface area contributed by atoms with Crippen molar-refractivity contribution in [1.29, 1.82) is 0 Å². The van der Waals surface area contributed by atoms with Gasteiger partial charge in [-0.05, 0) is 37.6 Å². The Labute approximate surface area is 223 Å². The molecule has 0 aliphatic carbocycles. The standard InChI is InChI=1S/C26H24BClFN3O6/c1-16-25(36-15-17-7-5-4-6-8-17)24(26(35)32(3)30-16)23-18(19(28)9-10-20(23)29)11-12-27-37-21(33)13-31(2)14-22(34)38-27/h4-12H,13-15H2,1-3H3/b12-11+. The van der Waals surface area contributed by atoms with Crippen LogP contribution in [0.15, 0.2) is 53.2 Å². The number of carbonyl (C=O) groups excluding carboxylic acids is 2. The van der Waals surface area contributed by atoms with Gasteiger partial charge in [-0.2, -0.15) is 5.10 Å². The Morgan fingerprint density at radius 1 is 1.05 bits per heavy atom. The fraction of sp³-hybridized carbons (Fsp3) is 0.231. The lowest BCUT2D eigenvalue weighted by atomic mass is 9.87. The van der Waals surface area contributed by atoms with Gasteiger partial charge in [0.15, 0.2) is 5.75 Å². The maximum absolute atomic E-state index is 15.5. The number of hydrogen-bond acceptors (Lipinski definition) is 8. The van der Waals surface area contributed by atoms with E-state index in [1.165, 1.54) is 30.1 Å². The van der Waals surface area contributed by atoms with Gasteiger partial charge in [-0.25, -0.2) is 9.07 Å². The van der Waals surface area contributed by atoms with Gasteiger partial charge in [-0.1, -0.05) is 48.0 Å². The van der Waals surface area contributed by atoms with Crippen molar-refractivity contribution in [3.63, 3.8) is 0 Å². The molecule has 0 unspecified atom stereocenters. The van der Waals surface area contributed by atoms with Crippen LogP contribution in [0.5, 0.6) is 5.75 Å². The third kappa shape index (κ3) is 6.12. The third-order valence-electron chi connectivity index (χ3n) is 5.69. The first-order valence-electron chi connectivity index (χ1n) is 11.6. The van der Waals surface area contributed by atoms with Crippen LogP contribution in [-0.4, -0.2) is 53.9 Å². The summed E-state index contributed by atoms with van der Waals surface area (Å²) in [7, 11) is 1.65. The Balaban J connectivity index is 1.79. The molecule has 1 aliphatic rings. The molecule has 0 atom stereocenters. The van der Waals surface area contributed by atoms with E-state index >= 15 is 4.39 Å². The van der Waals surface area contributed by atoms with E-state index in [4.69, 9.17) is 25.6 Å². The SMILES string of the molecule is Cc1nn(C)c(=O)c(-c2c(F)ccc(Cl)c2/C=C/B2OC(=O)CN(C)CC(=O)O2)c1OCc1ccccc1. The summed E-state index contributed by atoms with van der Waals surface area (Å²) in [5.41, 5.74) is 0.477. The molecule has 1 aromatic heterocycles. The lowest BCUT2D eigenvalue weighted by Gasteiger charge is -2.21. The summed E-state index contributed by atoms with van der Waals surface area (Å²) >= 11 is 6.46. The minimum absolute atomic E-state index is 0.0798. The number of ether oxygens (including phenoxy) is 1. The summed E-state index contributed by atoms with van der Waals surface area (Å²) < 4.78 is 32.9. The van der Waals surface area contributed by atoms with Crippen molar-refractivity contribution >= 4 is 36.7 Å². The topological polar surface area (TPSA) is 100.0 Å². The average Bonchev–Trinajstić information content (AvgIpc) is 2.85. The molecule has 3 aromatic rings. The minimum Gasteiger partial charge on any atom is -0.495 e. The van der Waals surface area contributed by atoms with Crippen LogP contribution in [-0.2, 0) is 32.6 Å². The fourth-order valence-electron chi connectivity index (χ4n) is 3.97. The molecule has 0 saturated carbocycles. The number of rotatable bonds is 6. The van der Waals surface area contributed by atoms with E-state index < -0.39 is 30.4 Å². The van der Waals surface area contributed by atoms with E-state index in [1.807, 2.05) is 30.3 Å². The predicted octanol–water partition coefficient (Wildman–Crippen LogP) is 3.20. The third-order valence-corrected chi connectivity index (χ3v) is 6.02. The van der Waals surface area contributed by atoms with Gasteiger partial charge in [0.05, 0.1) is 18.7 Å². The van der Waals surface area contributed by atoms with E-state index in [0.29, 0.717) is 5.69 Å². The molecule has 0 amide bonds. The van der Waals surface area contributed by atoms with Crippen molar-refractivity contribution < 1.29 is 28.0 Å². The Morgan fingerprint density at radius 3 is 2.37 bits per heavy atom. The van der Waals surface area contributed by atoms with Crippen LogP contribution in [0.4, 0.5) is 4.39 Å². The van der Waals surface area contributed by atoms with Crippen molar-refractivity contribution in [2.24, 2.45) is 7.05 Å². The van der Waals surface area contributed by atoms with Crippen molar-refractivity contribution in [3.05, 3.63) is 86.5 Å². The van der Waals surface area contributed by atoms with Gasteiger partial charge < -0.3 is 14.0 Å². The van der Waals surface area contributed by atoms with E-state index in [0.717, 1.165) is 16.3 Å². The Morgan fingerprint density at radius 2 is 1.71 bits per heavy atom. The first-order valence-corrected chi connectivity index (χ1v) is 12.0. The highest BCUT2D eigenvalue weighted by molar-refractivity contribution is 6.55. The molecule has 0 radical (unpaired) electrons. The zero-order chi connectivity index (χ0) is 27.4. The number of likely N-dealkylation sites (N-methyl/N-ethyl adjacent to an activating group) is 1. The molecule has 9 nitrogen and oxygen atoms in total. The molecule has 0 spiro atoms. The lowest BCUT2D eigenvalue weighted by molar-refractivity contribution is -0.145. The molecule has 196 valence electrons. The van der Waals surface area contributed by atoms with Crippen LogP contribution in [0.2, 0.25) is 5.02 Å². The molecule has 0 bridgehead atoms. The molecule has 2 heterocycles. The van der Waals surface area contributed by atoms with Crippen LogP contribution in [0.3, 0.4) is 0 Å². The van der Waals surface area contributed by atoms with Gasteiger partial charge in [-0.3, -0.25) is 19.3 Å². The van der Waals surface area contributed by atoms with Crippen molar-refractivity contribution in [2.45, 2.75) is 13.5 Å². The van der Waals surface area contributed by atoms with Crippen LogP contribution >= 0.6 is 11.6 Å². The Hall–Kier alpha value is -3.96. The van der Waals surface area contributed by atoms with Gasteiger partial charge in [0.25, 0.3) is 5.56 Å². The van der Waals surface area contributed by atoms with E-state index in [9.17, 15) is 14.4 Å². The average molecular weight is 540 g/mol. The molecule has 0 N–H and O–H groups in total. The molecule has 2 aromatic carbocycles. The van der Waals surface area contributed by atoms with E-state index in [2.05, 4.69) is 5.10 Å². The summed E-state index contributed by atoms with van der Waals surface area (Å²) in [6.45, 7) is 1.53. The Bertz CT molecular complexity index is 1440. The molecule has 4 rings (SSSR count). The largest absolute Gasteiger partial charge is 0.628 e. The van der Waals surface area contributed by atoms with Gasteiger partial charge in [0.1, 0.15) is 18.1 Å². The summed E-state index contributed by atoms with van der Waals surface area (Å²) in [6, 6.07) is 11.7. The van der Waals surface area contributed by atoms with Crippen LogP contribution in [0, 0.1) is 12.7 Å². The zero-order valence-electron chi connectivity index (χ0n) is 20.9. The van der Waals surface area contributed by atoms with Crippen molar-refractivity contribution in [1.82, 2.24) is 14.7 Å². The number of aromatic nitrogens is 2. The molecular formula is C26H24BClFN3O6. The molecule has 1 aliphatic heterocycles. The highest BCUT2D eigenvalue weighted by atomic mass is 35.5. The quantitative estimate of drug-likeness (QED) is 0.441.